The molecule has 1 aromatic heterocycles. The van der Waals surface area contributed by atoms with Crippen molar-refractivity contribution in [1.29, 1.82) is 0 Å². The second kappa shape index (κ2) is 10.2. The van der Waals surface area contributed by atoms with Crippen LogP contribution in [-0.4, -0.2) is 58.9 Å². The molecule has 0 atom stereocenters. The Morgan fingerprint density at radius 1 is 1.00 bits per heavy atom. The van der Waals surface area contributed by atoms with E-state index in [0.29, 0.717) is 13.1 Å². The van der Waals surface area contributed by atoms with Crippen molar-refractivity contribution in [3.63, 3.8) is 0 Å². The van der Waals surface area contributed by atoms with Gasteiger partial charge >= 0.3 is 0 Å². The minimum atomic E-state index is 0.581. The van der Waals surface area contributed by atoms with E-state index in [2.05, 4.69) is 67.8 Å². The van der Waals surface area contributed by atoms with E-state index in [9.17, 15) is 0 Å². The molecular formula is C24H31N7O. The maximum Gasteiger partial charge on any atom is 0.194 e. The zero-order valence-electron chi connectivity index (χ0n) is 19.0. The molecule has 0 radical (unpaired) electrons. The third-order valence-electron chi connectivity index (χ3n) is 5.86. The maximum atomic E-state index is 5.26. The van der Waals surface area contributed by atoms with Gasteiger partial charge < -0.3 is 24.4 Å². The normalized spacial score (nSPS) is 14.5. The summed E-state index contributed by atoms with van der Waals surface area (Å²) in [5.74, 6) is 3.54. The van der Waals surface area contributed by atoms with Gasteiger partial charge in [-0.25, -0.2) is 4.99 Å². The minimum Gasteiger partial charge on any atom is -0.497 e. The largest absolute Gasteiger partial charge is 0.497 e. The number of benzene rings is 2. The first-order chi connectivity index (χ1) is 15.6. The average molecular weight is 434 g/mol. The monoisotopic (exact) mass is 433 g/mol. The van der Waals surface area contributed by atoms with Crippen LogP contribution in [0.3, 0.4) is 0 Å². The molecule has 168 valence electrons. The lowest BCUT2D eigenvalue weighted by molar-refractivity contribution is 0.370. The number of anilines is 1. The Balaban J connectivity index is 1.45. The zero-order chi connectivity index (χ0) is 22.3. The molecule has 1 fully saturated rings. The van der Waals surface area contributed by atoms with Crippen LogP contribution in [0.15, 0.2) is 59.6 Å². The highest BCUT2D eigenvalue weighted by molar-refractivity contribution is 5.80. The molecule has 0 spiro atoms. The number of aliphatic imine (C=N–C) groups is 1. The average Bonchev–Trinajstić information content (AvgIpc) is 3.17. The molecule has 2 heterocycles. The minimum absolute atomic E-state index is 0.581. The van der Waals surface area contributed by atoms with E-state index in [1.165, 1.54) is 5.69 Å². The smallest absolute Gasteiger partial charge is 0.194 e. The highest BCUT2D eigenvalue weighted by Gasteiger charge is 2.20. The standard InChI is InChI=1S/C24H31N7O/c1-19-27-28-23(29(19)2)18-26-24(25-17-20-9-11-22(32-3)12-10-20)31-15-13-30(14-16-31)21-7-5-4-6-8-21/h4-12H,13-18H2,1-3H3,(H,25,26). The lowest BCUT2D eigenvalue weighted by atomic mass is 10.2. The Morgan fingerprint density at radius 2 is 1.72 bits per heavy atom. The molecule has 1 aliphatic rings. The fourth-order valence-corrected chi connectivity index (χ4v) is 3.74. The predicted molar refractivity (Wildman–Crippen MR) is 127 cm³/mol. The van der Waals surface area contributed by atoms with Crippen molar-refractivity contribution in [2.45, 2.75) is 20.0 Å². The van der Waals surface area contributed by atoms with Crippen LogP contribution >= 0.6 is 0 Å². The quantitative estimate of drug-likeness (QED) is 0.476. The molecule has 0 amide bonds. The van der Waals surface area contributed by atoms with Gasteiger partial charge in [0.2, 0.25) is 0 Å². The van der Waals surface area contributed by atoms with Crippen LogP contribution in [0.2, 0.25) is 0 Å². The molecule has 1 aliphatic heterocycles. The van der Waals surface area contributed by atoms with E-state index in [1.807, 2.05) is 30.7 Å². The second-order valence-electron chi connectivity index (χ2n) is 7.87. The molecule has 8 nitrogen and oxygen atoms in total. The molecule has 4 rings (SSSR count). The fraction of sp³-hybridized carbons (Fsp3) is 0.375. The first-order valence-corrected chi connectivity index (χ1v) is 10.9. The van der Waals surface area contributed by atoms with Gasteiger partial charge in [-0.05, 0) is 36.8 Å². The van der Waals surface area contributed by atoms with Gasteiger partial charge in [-0.2, -0.15) is 0 Å². The Morgan fingerprint density at radius 3 is 2.34 bits per heavy atom. The van der Waals surface area contributed by atoms with Crippen LogP contribution < -0.4 is 15.0 Å². The summed E-state index contributed by atoms with van der Waals surface area (Å²) in [6, 6.07) is 18.6. The number of rotatable bonds is 6. The summed E-state index contributed by atoms with van der Waals surface area (Å²) in [5, 5.41) is 12.0. The number of methoxy groups -OCH3 is 1. The number of guanidine groups is 1. The van der Waals surface area contributed by atoms with Crippen molar-refractivity contribution in [3.8, 4) is 5.75 Å². The van der Waals surface area contributed by atoms with Crippen LogP contribution in [0, 0.1) is 6.92 Å². The number of piperazine rings is 1. The number of para-hydroxylation sites is 1. The van der Waals surface area contributed by atoms with Gasteiger partial charge in [0.15, 0.2) is 11.8 Å². The second-order valence-corrected chi connectivity index (χ2v) is 7.87. The van der Waals surface area contributed by atoms with E-state index in [1.54, 1.807) is 7.11 Å². The summed E-state index contributed by atoms with van der Waals surface area (Å²) >= 11 is 0. The molecule has 0 aliphatic carbocycles. The van der Waals surface area contributed by atoms with Crippen LogP contribution in [0.1, 0.15) is 17.2 Å². The number of aromatic nitrogens is 3. The molecule has 32 heavy (non-hydrogen) atoms. The van der Waals surface area contributed by atoms with Gasteiger partial charge in [0, 0.05) is 38.9 Å². The molecule has 1 N–H and O–H groups in total. The number of nitrogens with one attached hydrogen (secondary N) is 1. The summed E-state index contributed by atoms with van der Waals surface area (Å²) < 4.78 is 7.26. The van der Waals surface area contributed by atoms with Crippen LogP contribution in [0.5, 0.6) is 5.75 Å². The van der Waals surface area contributed by atoms with Crippen LogP contribution in [0.25, 0.3) is 0 Å². The van der Waals surface area contributed by atoms with Gasteiger partial charge in [-0.3, -0.25) is 0 Å². The van der Waals surface area contributed by atoms with Crippen molar-refractivity contribution >= 4 is 11.6 Å². The Labute approximate surface area is 189 Å². The van der Waals surface area contributed by atoms with E-state index in [0.717, 1.165) is 55.1 Å². The Hall–Kier alpha value is -3.55. The van der Waals surface area contributed by atoms with Gasteiger partial charge in [-0.15, -0.1) is 10.2 Å². The molecule has 0 unspecified atom stereocenters. The highest BCUT2D eigenvalue weighted by Crippen LogP contribution is 2.16. The molecule has 0 saturated carbocycles. The number of aryl methyl sites for hydroxylation is 1. The van der Waals surface area contributed by atoms with Gasteiger partial charge in [0.25, 0.3) is 0 Å². The number of hydrogen-bond donors (Lipinski definition) is 1. The Kier molecular flexibility index (Phi) is 6.89. The lowest BCUT2D eigenvalue weighted by Crippen LogP contribution is -2.52. The van der Waals surface area contributed by atoms with Gasteiger partial charge in [0.05, 0.1) is 20.2 Å². The number of nitrogens with zero attached hydrogens (tertiary/aromatic N) is 6. The summed E-state index contributed by atoms with van der Waals surface area (Å²) in [6.07, 6.45) is 0. The van der Waals surface area contributed by atoms with Gasteiger partial charge in [-0.1, -0.05) is 30.3 Å². The molecule has 2 aromatic carbocycles. The maximum absolute atomic E-state index is 5.26. The van der Waals surface area contributed by atoms with Gasteiger partial charge in [0.1, 0.15) is 11.6 Å². The topological polar surface area (TPSA) is 70.8 Å². The third-order valence-corrected chi connectivity index (χ3v) is 5.86. The SMILES string of the molecule is COc1ccc(CN=C(NCc2nnc(C)n2C)N2CCN(c3ccccc3)CC2)cc1. The summed E-state index contributed by atoms with van der Waals surface area (Å²) in [6.45, 7) is 6.85. The summed E-state index contributed by atoms with van der Waals surface area (Å²) in [4.78, 5) is 9.68. The molecule has 3 aromatic rings. The number of hydrogen-bond acceptors (Lipinski definition) is 5. The molecular weight excluding hydrogens is 402 g/mol. The van der Waals surface area contributed by atoms with Crippen molar-refractivity contribution in [3.05, 3.63) is 71.8 Å². The molecule has 0 bridgehead atoms. The highest BCUT2D eigenvalue weighted by atomic mass is 16.5. The first-order valence-electron chi connectivity index (χ1n) is 10.9. The van der Waals surface area contributed by atoms with Crippen molar-refractivity contribution < 1.29 is 4.74 Å². The summed E-state index contributed by atoms with van der Waals surface area (Å²) in [5.41, 5.74) is 2.41. The van der Waals surface area contributed by atoms with E-state index < -0.39 is 0 Å². The zero-order valence-corrected chi connectivity index (χ0v) is 19.0. The predicted octanol–water partition coefficient (Wildman–Crippen LogP) is 2.60. The number of ether oxygens (including phenoxy) is 1. The van der Waals surface area contributed by atoms with Crippen LogP contribution in [0.4, 0.5) is 5.69 Å². The summed E-state index contributed by atoms with van der Waals surface area (Å²) in [7, 11) is 3.66. The lowest BCUT2D eigenvalue weighted by Gasteiger charge is -2.37. The van der Waals surface area contributed by atoms with Crippen molar-refractivity contribution in [1.82, 2.24) is 25.0 Å². The van der Waals surface area contributed by atoms with Crippen molar-refractivity contribution in [2.75, 3.05) is 38.2 Å². The third kappa shape index (κ3) is 5.19. The molecule has 8 heteroatoms. The first kappa shape index (κ1) is 21.7. The van der Waals surface area contributed by atoms with Crippen molar-refractivity contribution in [2.24, 2.45) is 12.0 Å². The van der Waals surface area contributed by atoms with E-state index >= 15 is 0 Å². The van der Waals surface area contributed by atoms with Crippen LogP contribution in [-0.2, 0) is 20.1 Å². The van der Waals surface area contributed by atoms with E-state index in [-0.39, 0.29) is 0 Å². The molecule has 1 saturated heterocycles. The Bertz CT molecular complexity index is 1020. The fourth-order valence-electron chi connectivity index (χ4n) is 3.74. The van der Waals surface area contributed by atoms with E-state index in [4.69, 9.17) is 9.73 Å².